The predicted octanol–water partition coefficient (Wildman–Crippen LogP) is 3.96. The number of rotatable bonds is 14. The molecule has 0 rings (SSSR count). The topological polar surface area (TPSA) is 77.5 Å². The lowest BCUT2D eigenvalue weighted by Gasteiger charge is -2.17. The van der Waals surface area contributed by atoms with E-state index < -0.39 is 23.8 Å². The van der Waals surface area contributed by atoms with Gasteiger partial charge < -0.3 is 4.74 Å². The van der Waals surface area contributed by atoms with Gasteiger partial charge in [-0.3, -0.25) is 19.2 Å². The summed E-state index contributed by atoms with van der Waals surface area (Å²) >= 11 is 0. The Morgan fingerprint density at radius 2 is 1.12 bits per heavy atom. The molecule has 0 spiro atoms. The van der Waals surface area contributed by atoms with E-state index in [0.29, 0.717) is 25.7 Å². The van der Waals surface area contributed by atoms with E-state index in [2.05, 4.69) is 13.2 Å². The summed E-state index contributed by atoms with van der Waals surface area (Å²) in [6.45, 7) is 10.7. The van der Waals surface area contributed by atoms with Crippen molar-refractivity contribution in [1.82, 2.24) is 0 Å². The van der Waals surface area contributed by atoms with Gasteiger partial charge in [0.2, 0.25) is 0 Å². The molecule has 0 aliphatic rings. The second-order valence-electron chi connectivity index (χ2n) is 6.13. The molecule has 2 unspecified atom stereocenters. The zero-order valence-corrected chi connectivity index (χ0v) is 15.4. The number of carbonyl (C=O) groups is 4. The summed E-state index contributed by atoms with van der Waals surface area (Å²) in [7, 11) is 0. The molecule has 0 aromatic carbocycles. The molecule has 0 saturated carbocycles. The molecule has 5 heteroatoms. The Balaban J connectivity index is 4.76. The second-order valence-corrected chi connectivity index (χ2v) is 6.13. The van der Waals surface area contributed by atoms with Crippen molar-refractivity contribution < 1.29 is 23.9 Å². The summed E-state index contributed by atoms with van der Waals surface area (Å²) in [6.07, 6.45) is 6.20. The minimum atomic E-state index is -0.583. The molecule has 0 heterocycles. The maximum atomic E-state index is 12.3. The van der Waals surface area contributed by atoms with Crippen LogP contribution in [0.2, 0.25) is 0 Å². The maximum Gasteiger partial charge on any atom is 0.316 e. The number of carbonyl (C=O) groups excluding carboxylic acids is 4. The molecule has 0 amide bonds. The highest BCUT2D eigenvalue weighted by Crippen LogP contribution is 2.20. The molecule has 0 aromatic heterocycles. The van der Waals surface area contributed by atoms with E-state index in [4.69, 9.17) is 4.74 Å². The number of hydrogen-bond acceptors (Lipinski definition) is 5. The highest BCUT2D eigenvalue weighted by molar-refractivity contribution is 5.91. The summed E-state index contributed by atoms with van der Waals surface area (Å²) in [5.74, 6) is -2.39. The molecule has 0 aliphatic carbocycles. The molecule has 0 saturated heterocycles. The Labute approximate surface area is 150 Å². The third-order valence-corrected chi connectivity index (χ3v) is 4.08. The standard InChI is InChI=1S/C20H30O5/c1-5-9-15(11-13-17(21)7-3)19(23)25-20(24)16(10-6-2)12-14-18(22)8-4/h7-8,15-16H,3-6,9-14H2,1-2H3. The maximum absolute atomic E-state index is 12.3. The van der Waals surface area contributed by atoms with Gasteiger partial charge in [0.1, 0.15) is 0 Å². The largest absolute Gasteiger partial charge is 0.393 e. The first-order valence-electron chi connectivity index (χ1n) is 8.95. The second kappa shape index (κ2) is 13.3. The monoisotopic (exact) mass is 350 g/mol. The first-order valence-corrected chi connectivity index (χ1v) is 8.95. The van der Waals surface area contributed by atoms with Crippen LogP contribution < -0.4 is 0 Å². The molecule has 2 atom stereocenters. The number of ketones is 2. The van der Waals surface area contributed by atoms with Crippen LogP contribution in [0.5, 0.6) is 0 Å². The van der Waals surface area contributed by atoms with Gasteiger partial charge in [0, 0.05) is 12.8 Å². The molecule has 0 N–H and O–H groups in total. The highest BCUT2D eigenvalue weighted by atomic mass is 16.6. The fraction of sp³-hybridized carbons (Fsp3) is 0.600. The molecule has 0 aliphatic heterocycles. The van der Waals surface area contributed by atoms with Gasteiger partial charge in [-0.05, 0) is 37.8 Å². The summed E-state index contributed by atoms with van der Waals surface area (Å²) in [6, 6.07) is 0. The van der Waals surface area contributed by atoms with E-state index in [-0.39, 0.29) is 24.4 Å². The van der Waals surface area contributed by atoms with Crippen LogP contribution in [0.3, 0.4) is 0 Å². The Morgan fingerprint density at radius 1 is 0.760 bits per heavy atom. The van der Waals surface area contributed by atoms with Gasteiger partial charge in [0.25, 0.3) is 0 Å². The SMILES string of the molecule is C=CC(=O)CCC(CCC)C(=O)OC(=O)C(CCC)CCC(=O)C=C. The third kappa shape index (κ3) is 9.75. The molecular weight excluding hydrogens is 320 g/mol. The quantitative estimate of drug-likeness (QED) is 0.269. The Hall–Kier alpha value is -2.04. The predicted molar refractivity (Wildman–Crippen MR) is 96.8 cm³/mol. The minimum absolute atomic E-state index is 0.132. The molecule has 0 fully saturated rings. The smallest absolute Gasteiger partial charge is 0.316 e. The van der Waals surface area contributed by atoms with Crippen LogP contribution in [0, 0.1) is 11.8 Å². The van der Waals surface area contributed by atoms with Gasteiger partial charge in [-0.2, -0.15) is 0 Å². The van der Waals surface area contributed by atoms with E-state index in [0.717, 1.165) is 12.8 Å². The van der Waals surface area contributed by atoms with Crippen molar-refractivity contribution in [2.45, 2.75) is 65.2 Å². The molecule has 25 heavy (non-hydrogen) atoms. The molecule has 5 nitrogen and oxygen atoms in total. The van der Waals surface area contributed by atoms with Crippen LogP contribution in [0.25, 0.3) is 0 Å². The summed E-state index contributed by atoms with van der Waals surface area (Å²) in [5, 5.41) is 0. The summed E-state index contributed by atoms with van der Waals surface area (Å²) in [5.41, 5.74) is 0. The van der Waals surface area contributed by atoms with Gasteiger partial charge in [-0.1, -0.05) is 39.8 Å². The molecule has 140 valence electrons. The van der Waals surface area contributed by atoms with Crippen LogP contribution >= 0.6 is 0 Å². The fourth-order valence-electron chi connectivity index (χ4n) is 2.56. The van der Waals surface area contributed by atoms with Gasteiger partial charge in [-0.15, -0.1) is 0 Å². The zero-order chi connectivity index (χ0) is 19.2. The van der Waals surface area contributed by atoms with Gasteiger partial charge in [-0.25, -0.2) is 0 Å². The van der Waals surface area contributed by atoms with E-state index in [1.807, 2.05) is 13.8 Å². The average Bonchev–Trinajstić information content (AvgIpc) is 2.60. The van der Waals surface area contributed by atoms with Crippen LogP contribution in [0.4, 0.5) is 0 Å². The summed E-state index contributed by atoms with van der Waals surface area (Å²) in [4.78, 5) is 47.3. The van der Waals surface area contributed by atoms with Gasteiger partial charge >= 0.3 is 11.9 Å². The van der Waals surface area contributed by atoms with Crippen molar-refractivity contribution in [2.24, 2.45) is 11.8 Å². The molecule has 0 aromatic rings. The van der Waals surface area contributed by atoms with Gasteiger partial charge in [0.05, 0.1) is 11.8 Å². The lowest BCUT2D eigenvalue weighted by molar-refractivity contribution is -0.166. The van der Waals surface area contributed by atoms with Crippen molar-refractivity contribution in [3.63, 3.8) is 0 Å². The first kappa shape index (κ1) is 23.0. The lowest BCUT2D eigenvalue weighted by atomic mass is 9.95. The van der Waals surface area contributed by atoms with E-state index in [1.165, 1.54) is 12.2 Å². The fourth-order valence-corrected chi connectivity index (χ4v) is 2.56. The van der Waals surface area contributed by atoms with Crippen molar-refractivity contribution in [3.05, 3.63) is 25.3 Å². The minimum Gasteiger partial charge on any atom is -0.393 e. The summed E-state index contributed by atoms with van der Waals surface area (Å²) < 4.78 is 5.06. The molecule has 0 radical (unpaired) electrons. The number of hydrogen-bond donors (Lipinski definition) is 0. The Morgan fingerprint density at radius 3 is 1.40 bits per heavy atom. The van der Waals surface area contributed by atoms with E-state index >= 15 is 0 Å². The number of allylic oxidation sites excluding steroid dienone is 2. The Bertz CT molecular complexity index is 448. The van der Waals surface area contributed by atoms with Crippen LogP contribution in [0.1, 0.15) is 65.2 Å². The first-order chi connectivity index (χ1) is 11.9. The number of esters is 2. The van der Waals surface area contributed by atoms with Crippen LogP contribution in [-0.4, -0.2) is 23.5 Å². The van der Waals surface area contributed by atoms with Crippen molar-refractivity contribution in [2.75, 3.05) is 0 Å². The molecular formula is C20H30O5. The van der Waals surface area contributed by atoms with Crippen LogP contribution in [-0.2, 0) is 23.9 Å². The van der Waals surface area contributed by atoms with Crippen molar-refractivity contribution in [1.29, 1.82) is 0 Å². The Kier molecular flexibility index (Phi) is 12.2. The lowest BCUT2D eigenvalue weighted by Crippen LogP contribution is -2.27. The number of ether oxygens (including phenoxy) is 1. The van der Waals surface area contributed by atoms with E-state index in [1.54, 1.807) is 0 Å². The van der Waals surface area contributed by atoms with Crippen molar-refractivity contribution >= 4 is 23.5 Å². The van der Waals surface area contributed by atoms with Crippen LogP contribution in [0.15, 0.2) is 25.3 Å². The average molecular weight is 350 g/mol. The van der Waals surface area contributed by atoms with E-state index in [9.17, 15) is 19.2 Å². The highest BCUT2D eigenvalue weighted by Gasteiger charge is 2.27. The zero-order valence-electron chi connectivity index (χ0n) is 15.4. The molecule has 0 bridgehead atoms. The van der Waals surface area contributed by atoms with Crippen molar-refractivity contribution in [3.8, 4) is 0 Å². The third-order valence-electron chi connectivity index (χ3n) is 4.08. The van der Waals surface area contributed by atoms with Gasteiger partial charge in [0.15, 0.2) is 11.6 Å². The normalized spacial score (nSPS) is 12.7.